The van der Waals surface area contributed by atoms with Crippen molar-refractivity contribution in [2.75, 3.05) is 11.6 Å². The third-order valence-corrected chi connectivity index (χ3v) is 3.55. The summed E-state index contributed by atoms with van der Waals surface area (Å²) < 4.78 is 0. The predicted molar refractivity (Wildman–Crippen MR) is 63.9 cm³/mol. The molecule has 1 amide bonds. The molecule has 0 spiro atoms. The molecule has 1 aliphatic heterocycles. The highest BCUT2D eigenvalue weighted by Crippen LogP contribution is 2.22. The van der Waals surface area contributed by atoms with Crippen LogP contribution in [0.25, 0.3) is 0 Å². The van der Waals surface area contributed by atoms with Gasteiger partial charge in [0.15, 0.2) is 0 Å². The van der Waals surface area contributed by atoms with E-state index in [1.165, 1.54) is 16.7 Å². The van der Waals surface area contributed by atoms with Gasteiger partial charge in [-0.1, -0.05) is 6.07 Å². The van der Waals surface area contributed by atoms with E-state index in [-0.39, 0.29) is 5.91 Å². The van der Waals surface area contributed by atoms with Crippen LogP contribution in [0.2, 0.25) is 0 Å². The highest BCUT2D eigenvalue weighted by molar-refractivity contribution is 7.99. The summed E-state index contributed by atoms with van der Waals surface area (Å²) in [4.78, 5) is 28.6. The standard InChI is InChI=1S/C11H12N2O3S/c1-7-3-2-4-8(12-7)10(14)13-6-17-5-9(13)11(15)16/h2-4,9H,5-6H2,1H3,(H,15,16). The quantitative estimate of drug-likeness (QED) is 0.850. The zero-order valence-corrected chi connectivity index (χ0v) is 10.1. The first-order valence-corrected chi connectivity index (χ1v) is 6.30. The number of amides is 1. The van der Waals surface area contributed by atoms with Crippen LogP contribution in [-0.2, 0) is 4.79 Å². The SMILES string of the molecule is Cc1cccc(C(=O)N2CSCC2C(=O)O)n1. The van der Waals surface area contributed by atoms with Gasteiger partial charge in [0, 0.05) is 11.4 Å². The molecular formula is C11H12N2O3S. The van der Waals surface area contributed by atoms with E-state index in [4.69, 9.17) is 5.11 Å². The van der Waals surface area contributed by atoms with Crippen molar-refractivity contribution in [1.29, 1.82) is 0 Å². The summed E-state index contributed by atoms with van der Waals surface area (Å²) in [6.45, 7) is 1.80. The van der Waals surface area contributed by atoms with E-state index in [9.17, 15) is 9.59 Å². The number of aryl methyl sites for hydroxylation is 1. The third kappa shape index (κ3) is 2.41. The van der Waals surface area contributed by atoms with Crippen molar-refractivity contribution in [3.8, 4) is 0 Å². The average molecular weight is 252 g/mol. The summed E-state index contributed by atoms with van der Waals surface area (Å²) >= 11 is 1.44. The number of rotatable bonds is 2. The van der Waals surface area contributed by atoms with Crippen molar-refractivity contribution in [3.05, 3.63) is 29.6 Å². The first-order valence-electron chi connectivity index (χ1n) is 5.15. The predicted octanol–water partition coefficient (Wildman–Crippen LogP) is 0.990. The average Bonchev–Trinajstić information content (AvgIpc) is 2.77. The topological polar surface area (TPSA) is 70.5 Å². The van der Waals surface area contributed by atoms with Crippen molar-refractivity contribution in [3.63, 3.8) is 0 Å². The Morgan fingerprint density at radius 3 is 2.94 bits per heavy atom. The summed E-state index contributed by atoms with van der Waals surface area (Å²) in [6, 6.07) is 4.41. The Morgan fingerprint density at radius 1 is 1.53 bits per heavy atom. The van der Waals surface area contributed by atoms with E-state index in [0.717, 1.165) is 5.69 Å². The van der Waals surface area contributed by atoms with Crippen LogP contribution in [0.15, 0.2) is 18.2 Å². The molecule has 1 unspecified atom stereocenters. The fraction of sp³-hybridized carbons (Fsp3) is 0.364. The number of thioether (sulfide) groups is 1. The van der Waals surface area contributed by atoms with Crippen LogP contribution in [0.5, 0.6) is 0 Å². The van der Waals surface area contributed by atoms with Crippen LogP contribution in [0, 0.1) is 6.92 Å². The lowest BCUT2D eigenvalue weighted by Crippen LogP contribution is -2.42. The van der Waals surface area contributed by atoms with Gasteiger partial charge in [-0.25, -0.2) is 9.78 Å². The Balaban J connectivity index is 2.23. The van der Waals surface area contributed by atoms with E-state index in [0.29, 0.717) is 17.3 Å². The van der Waals surface area contributed by atoms with Gasteiger partial charge in [-0.3, -0.25) is 4.79 Å². The highest BCUT2D eigenvalue weighted by atomic mass is 32.2. The molecule has 1 aromatic heterocycles. The maximum Gasteiger partial charge on any atom is 0.327 e. The molecule has 17 heavy (non-hydrogen) atoms. The van der Waals surface area contributed by atoms with Crippen LogP contribution in [0.4, 0.5) is 0 Å². The molecule has 1 N–H and O–H groups in total. The first-order chi connectivity index (χ1) is 8.09. The van der Waals surface area contributed by atoms with Crippen molar-refractivity contribution >= 4 is 23.6 Å². The van der Waals surface area contributed by atoms with Gasteiger partial charge in [-0.05, 0) is 19.1 Å². The first kappa shape index (κ1) is 11.9. The lowest BCUT2D eigenvalue weighted by molar-refractivity contribution is -0.140. The minimum absolute atomic E-state index is 0.304. The Morgan fingerprint density at radius 2 is 2.29 bits per heavy atom. The number of carboxylic acid groups (broad SMARTS) is 1. The number of carboxylic acids is 1. The molecule has 1 aliphatic rings. The zero-order chi connectivity index (χ0) is 12.4. The van der Waals surface area contributed by atoms with Gasteiger partial charge in [0.25, 0.3) is 5.91 Å². The number of carbonyl (C=O) groups is 2. The molecule has 1 atom stereocenters. The van der Waals surface area contributed by atoms with E-state index >= 15 is 0 Å². The molecule has 1 saturated heterocycles. The molecule has 1 fully saturated rings. The number of hydrogen-bond acceptors (Lipinski definition) is 4. The number of hydrogen-bond donors (Lipinski definition) is 1. The second kappa shape index (κ2) is 4.75. The Bertz CT molecular complexity index is 464. The number of aliphatic carboxylic acids is 1. The largest absolute Gasteiger partial charge is 0.480 e. The minimum Gasteiger partial charge on any atom is -0.480 e. The van der Waals surface area contributed by atoms with Crippen LogP contribution in [-0.4, -0.2) is 44.5 Å². The second-order valence-corrected chi connectivity index (χ2v) is 4.79. The number of pyridine rings is 1. The summed E-state index contributed by atoms with van der Waals surface area (Å²) in [7, 11) is 0. The lowest BCUT2D eigenvalue weighted by atomic mass is 10.2. The van der Waals surface area contributed by atoms with Gasteiger partial charge < -0.3 is 10.0 Å². The van der Waals surface area contributed by atoms with Crippen LogP contribution in [0.1, 0.15) is 16.2 Å². The van der Waals surface area contributed by atoms with Crippen LogP contribution >= 0.6 is 11.8 Å². The van der Waals surface area contributed by atoms with Gasteiger partial charge in [-0.15, -0.1) is 11.8 Å². The monoisotopic (exact) mass is 252 g/mol. The van der Waals surface area contributed by atoms with Crippen molar-refractivity contribution in [2.45, 2.75) is 13.0 Å². The molecule has 90 valence electrons. The molecule has 0 aliphatic carbocycles. The molecule has 0 aromatic carbocycles. The van der Waals surface area contributed by atoms with Crippen LogP contribution < -0.4 is 0 Å². The maximum atomic E-state index is 12.1. The van der Waals surface area contributed by atoms with Gasteiger partial charge in [-0.2, -0.15) is 0 Å². The molecule has 0 saturated carbocycles. The van der Waals surface area contributed by atoms with Crippen LogP contribution in [0.3, 0.4) is 0 Å². The van der Waals surface area contributed by atoms with Crippen molar-refractivity contribution < 1.29 is 14.7 Å². The molecule has 0 bridgehead atoms. The molecule has 1 aromatic rings. The van der Waals surface area contributed by atoms with Gasteiger partial charge >= 0.3 is 5.97 Å². The zero-order valence-electron chi connectivity index (χ0n) is 9.29. The Kier molecular flexibility index (Phi) is 3.33. The summed E-state index contributed by atoms with van der Waals surface area (Å²) in [5.41, 5.74) is 1.05. The van der Waals surface area contributed by atoms with Crippen molar-refractivity contribution in [2.24, 2.45) is 0 Å². The van der Waals surface area contributed by atoms with E-state index in [1.807, 2.05) is 0 Å². The van der Waals surface area contributed by atoms with Gasteiger partial charge in [0.2, 0.25) is 0 Å². The minimum atomic E-state index is -0.962. The molecule has 2 rings (SSSR count). The van der Waals surface area contributed by atoms with E-state index in [1.54, 1.807) is 25.1 Å². The Labute approximate surface area is 103 Å². The summed E-state index contributed by atoms with van der Waals surface area (Å²) in [5, 5.41) is 9.01. The molecule has 2 heterocycles. The molecule has 5 nitrogen and oxygen atoms in total. The van der Waals surface area contributed by atoms with E-state index in [2.05, 4.69) is 4.98 Å². The van der Waals surface area contributed by atoms with E-state index < -0.39 is 12.0 Å². The van der Waals surface area contributed by atoms with Crippen molar-refractivity contribution in [1.82, 2.24) is 9.88 Å². The van der Waals surface area contributed by atoms with Gasteiger partial charge in [0.1, 0.15) is 11.7 Å². The third-order valence-electron chi connectivity index (χ3n) is 2.54. The smallest absolute Gasteiger partial charge is 0.327 e. The lowest BCUT2D eigenvalue weighted by Gasteiger charge is -2.19. The number of nitrogens with zero attached hydrogens (tertiary/aromatic N) is 2. The fourth-order valence-electron chi connectivity index (χ4n) is 1.66. The van der Waals surface area contributed by atoms with Gasteiger partial charge in [0.05, 0.1) is 5.88 Å². The number of aromatic nitrogens is 1. The Hall–Kier alpha value is -1.56. The highest BCUT2D eigenvalue weighted by Gasteiger charge is 2.35. The molecule has 6 heteroatoms. The maximum absolute atomic E-state index is 12.1. The molecular weight excluding hydrogens is 240 g/mol. The number of carbonyl (C=O) groups excluding carboxylic acids is 1. The second-order valence-electron chi connectivity index (χ2n) is 3.79. The fourth-order valence-corrected chi connectivity index (χ4v) is 2.80. The summed E-state index contributed by atoms with van der Waals surface area (Å²) in [6.07, 6.45) is 0. The molecule has 0 radical (unpaired) electrons. The summed E-state index contributed by atoms with van der Waals surface area (Å²) in [5.74, 6) is -0.430. The normalized spacial score (nSPS) is 19.4.